The Bertz CT molecular complexity index is 848. The van der Waals surface area contributed by atoms with Gasteiger partial charge in [-0.3, -0.25) is 4.98 Å². The van der Waals surface area contributed by atoms with E-state index in [9.17, 15) is 8.42 Å². The van der Waals surface area contributed by atoms with Gasteiger partial charge in [0, 0.05) is 12.2 Å². The minimum absolute atomic E-state index is 0.0879. The lowest BCUT2D eigenvalue weighted by Gasteiger charge is -2.33. The standard InChI is InChI=1S/C15H14ClN3O2S/c1-10(17)14-8-11-4-2-6-13(16)15(11)22(20,21)19(14)12-5-3-7-18-9-12/h2-10H,17H2,1H3/t10-/m0/s1. The first kappa shape index (κ1) is 15.0. The van der Waals surface area contributed by atoms with Crippen molar-refractivity contribution in [2.45, 2.75) is 17.9 Å². The number of rotatable bonds is 2. The third-order valence-electron chi connectivity index (χ3n) is 3.38. The van der Waals surface area contributed by atoms with E-state index in [1.54, 1.807) is 49.5 Å². The van der Waals surface area contributed by atoms with Gasteiger partial charge in [0.1, 0.15) is 4.90 Å². The summed E-state index contributed by atoms with van der Waals surface area (Å²) in [5, 5.41) is 0.186. The predicted octanol–water partition coefficient (Wildman–Crippen LogP) is 2.63. The van der Waals surface area contributed by atoms with E-state index < -0.39 is 16.1 Å². The van der Waals surface area contributed by atoms with Crippen LogP contribution in [0.15, 0.2) is 53.3 Å². The number of nitrogens with two attached hydrogens (primary N) is 1. The molecule has 0 radical (unpaired) electrons. The Morgan fingerprint density at radius 2 is 2.05 bits per heavy atom. The lowest BCUT2D eigenvalue weighted by Crippen LogP contribution is -2.40. The van der Waals surface area contributed by atoms with Crippen molar-refractivity contribution in [1.82, 2.24) is 4.98 Å². The van der Waals surface area contributed by atoms with Gasteiger partial charge in [-0.25, -0.2) is 12.7 Å². The summed E-state index contributed by atoms with van der Waals surface area (Å²) in [6, 6.07) is 7.86. The quantitative estimate of drug-likeness (QED) is 0.915. The van der Waals surface area contributed by atoms with E-state index in [2.05, 4.69) is 4.98 Å². The second-order valence-corrected chi connectivity index (χ2v) is 7.13. The molecule has 1 aromatic carbocycles. The van der Waals surface area contributed by atoms with Crippen LogP contribution in [0.1, 0.15) is 12.5 Å². The predicted molar refractivity (Wildman–Crippen MR) is 87.0 cm³/mol. The minimum atomic E-state index is -3.85. The van der Waals surface area contributed by atoms with Crippen molar-refractivity contribution in [1.29, 1.82) is 0 Å². The van der Waals surface area contributed by atoms with E-state index in [0.29, 0.717) is 16.9 Å². The molecule has 2 aromatic rings. The summed E-state index contributed by atoms with van der Waals surface area (Å²) in [6.45, 7) is 1.74. The van der Waals surface area contributed by atoms with Crippen LogP contribution in [0.4, 0.5) is 5.69 Å². The Morgan fingerprint density at radius 1 is 1.27 bits per heavy atom. The normalized spacial score (nSPS) is 17.6. The van der Waals surface area contributed by atoms with Crippen molar-refractivity contribution in [2.24, 2.45) is 5.73 Å². The van der Waals surface area contributed by atoms with Crippen LogP contribution in [0.2, 0.25) is 5.02 Å². The molecule has 0 spiro atoms. The van der Waals surface area contributed by atoms with Crippen LogP contribution in [0, 0.1) is 0 Å². The number of pyridine rings is 1. The first-order valence-electron chi connectivity index (χ1n) is 6.64. The number of hydrogen-bond donors (Lipinski definition) is 1. The van der Waals surface area contributed by atoms with Gasteiger partial charge in [-0.05, 0) is 36.8 Å². The third kappa shape index (κ3) is 2.29. The molecule has 0 unspecified atom stereocenters. The largest absolute Gasteiger partial charge is 0.323 e. The maximum atomic E-state index is 13.1. The number of fused-ring (bicyclic) bond motifs is 1. The van der Waals surface area contributed by atoms with Gasteiger partial charge in [0.15, 0.2) is 0 Å². The van der Waals surface area contributed by atoms with Gasteiger partial charge >= 0.3 is 0 Å². The Kier molecular flexibility index (Phi) is 3.68. The number of aromatic nitrogens is 1. The molecule has 0 fully saturated rings. The smallest absolute Gasteiger partial charge is 0.270 e. The van der Waals surface area contributed by atoms with Crippen LogP contribution < -0.4 is 10.0 Å². The molecule has 1 atom stereocenters. The van der Waals surface area contributed by atoms with E-state index in [1.165, 1.54) is 10.5 Å². The SMILES string of the molecule is C[C@H](N)C1=Cc2cccc(Cl)c2S(=O)(=O)N1c1cccnc1. The number of sulfonamides is 1. The summed E-state index contributed by atoms with van der Waals surface area (Å²) in [5.41, 5.74) is 7.43. The van der Waals surface area contributed by atoms with E-state index in [0.717, 1.165) is 0 Å². The molecule has 1 aliphatic rings. The molecule has 0 aliphatic carbocycles. The molecule has 3 rings (SSSR count). The van der Waals surface area contributed by atoms with Crippen molar-refractivity contribution in [2.75, 3.05) is 4.31 Å². The summed E-state index contributed by atoms with van der Waals surface area (Å²) < 4.78 is 27.3. The first-order chi connectivity index (χ1) is 10.4. The Hall–Kier alpha value is -1.89. The molecule has 22 heavy (non-hydrogen) atoms. The second kappa shape index (κ2) is 5.39. The van der Waals surface area contributed by atoms with E-state index in [1.807, 2.05) is 0 Å². The molecule has 1 aromatic heterocycles. The van der Waals surface area contributed by atoms with Crippen LogP contribution in [0.3, 0.4) is 0 Å². The highest BCUT2D eigenvalue weighted by molar-refractivity contribution is 7.93. The van der Waals surface area contributed by atoms with Crippen LogP contribution >= 0.6 is 11.6 Å². The molecule has 0 saturated heterocycles. The minimum Gasteiger partial charge on any atom is -0.323 e. The highest BCUT2D eigenvalue weighted by atomic mass is 35.5. The molecule has 1 aliphatic heterocycles. The maximum absolute atomic E-state index is 13.1. The molecule has 5 nitrogen and oxygen atoms in total. The van der Waals surface area contributed by atoms with E-state index >= 15 is 0 Å². The molecule has 2 N–H and O–H groups in total. The molecule has 2 heterocycles. The highest BCUT2D eigenvalue weighted by Gasteiger charge is 2.36. The topological polar surface area (TPSA) is 76.3 Å². The van der Waals surface area contributed by atoms with Gasteiger partial charge < -0.3 is 5.73 Å². The van der Waals surface area contributed by atoms with Gasteiger partial charge in [0.05, 0.1) is 22.6 Å². The molecule has 0 bridgehead atoms. The summed E-state index contributed by atoms with van der Waals surface area (Å²) in [7, 11) is -3.85. The van der Waals surface area contributed by atoms with Crippen molar-refractivity contribution in [3.05, 3.63) is 59.0 Å². The van der Waals surface area contributed by atoms with E-state index in [4.69, 9.17) is 17.3 Å². The van der Waals surface area contributed by atoms with Crippen molar-refractivity contribution in [3.8, 4) is 0 Å². The number of halogens is 1. The Balaban J connectivity index is 2.33. The fourth-order valence-electron chi connectivity index (χ4n) is 2.44. The summed E-state index contributed by atoms with van der Waals surface area (Å²) in [4.78, 5) is 4.08. The fourth-order valence-corrected chi connectivity index (χ4v) is 4.72. The monoisotopic (exact) mass is 335 g/mol. The molecular formula is C15H14ClN3O2S. The summed E-state index contributed by atoms with van der Waals surface area (Å²) in [6.07, 6.45) is 4.81. The number of anilines is 1. The van der Waals surface area contributed by atoms with Crippen LogP contribution in [0.5, 0.6) is 0 Å². The first-order valence-corrected chi connectivity index (χ1v) is 8.46. The molecule has 7 heteroatoms. The highest BCUT2D eigenvalue weighted by Crippen LogP contribution is 2.39. The van der Waals surface area contributed by atoms with E-state index in [-0.39, 0.29) is 9.92 Å². The zero-order valence-electron chi connectivity index (χ0n) is 11.8. The Morgan fingerprint density at radius 3 is 2.68 bits per heavy atom. The lowest BCUT2D eigenvalue weighted by molar-refractivity contribution is 0.591. The average Bonchev–Trinajstić information content (AvgIpc) is 2.46. The lowest BCUT2D eigenvalue weighted by atomic mass is 10.1. The van der Waals surface area contributed by atoms with Crippen molar-refractivity contribution in [3.63, 3.8) is 0 Å². The third-order valence-corrected chi connectivity index (χ3v) is 5.68. The average molecular weight is 336 g/mol. The van der Waals surface area contributed by atoms with Gasteiger partial charge in [-0.15, -0.1) is 0 Å². The summed E-state index contributed by atoms with van der Waals surface area (Å²) >= 11 is 6.12. The number of nitrogens with zero attached hydrogens (tertiary/aromatic N) is 2. The van der Waals surface area contributed by atoms with Crippen LogP contribution in [-0.4, -0.2) is 19.4 Å². The van der Waals surface area contributed by atoms with Crippen molar-refractivity contribution >= 4 is 33.4 Å². The number of hydrogen-bond acceptors (Lipinski definition) is 4. The molecule has 114 valence electrons. The maximum Gasteiger partial charge on any atom is 0.270 e. The van der Waals surface area contributed by atoms with Crippen molar-refractivity contribution < 1.29 is 8.42 Å². The fraction of sp³-hybridized carbons (Fsp3) is 0.133. The second-order valence-electron chi connectivity index (χ2n) is 5.00. The molecule has 0 amide bonds. The van der Waals surface area contributed by atoms with Crippen LogP contribution in [-0.2, 0) is 10.0 Å². The zero-order chi connectivity index (χ0) is 15.9. The van der Waals surface area contributed by atoms with Crippen LogP contribution in [0.25, 0.3) is 6.08 Å². The number of benzene rings is 1. The zero-order valence-corrected chi connectivity index (χ0v) is 13.3. The Labute approximate surface area is 134 Å². The van der Waals surface area contributed by atoms with Gasteiger partial charge in [-0.1, -0.05) is 23.7 Å². The summed E-state index contributed by atoms with van der Waals surface area (Å²) in [5.74, 6) is 0. The van der Waals surface area contributed by atoms with Gasteiger partial charge in [0.2, 0.25) is 0 Å². The van der Waals surface area contributed by atoms with Gasteiger partial charge in [-0.2, -0.15) is 0 Å². The molecule has 0 saturated carbocycles. The van der Waals surface area contributed by atoms with Gasteiger partial charge in [0.25, 0.3) is 10.0 Å². The molecular weight excluding hydrogens is 322 g/mol.